The fourth-order valence-corrected chi connectivity index (χ4v) is 2.72. The summed E-state index contributed by atoms with van der Waals surface area (Å²) in [5.41, 5.74) is 0.378. The second kappa shape index (κ2) is 7.22. The molecular weight excluding hydrogens is 286 g/mol. The van der Waals surface area contributed by atoms with Crippen molar-refractivity contribution < 1.29 is 14.5 Å². The maximum absolute atomic E-state index is 12.1. The summed E-state index contributed by atoms with van der Waals surface area (Å²) in [5.74, 6) is 0.756. The van der Waals surface area contributed by atoms with Crippen LogP contribution in [0.15, 0.2) is 18.2 Å². The highest BCUT2D eigenvalue weighted by atomic mass is 16.6. The number of hydrogen-bond acceptors (Lipinski definition) is 5. The van der Waals surface area contributed by atoms with Crippen molar-refractivity contribution in [2.45, 2.75) is 19.8 Å². The predicted molar refractivity (Wildman–Crippen MR) is 83.1 cm³/mol. The second-order valence-electron chi connectivity index (χ2n) is 5.67. The van der Waals surface area contributed by atoms with Gasteiger partial charge in [0.1, 0.15) is 5.75 Å². The van der Waals surface area contributed by atoms with Crippen molar-refractivity contribution in [3.05, 3.63) is 28.3 Å². The topological polar surface area (TPSA) is 84.7 Å². The van der Waals surface area contributed by atoms with Crippen molar-refractivity contribution in [2.24, 2.45) is 5.92 Å². The lowest BCUT2D eigenvalue weighted by molar-refractivity contribution is -0.384. The van der Waals surface area contributed by atoms with Gasteiger partial charge < -0.3 is 10.1 Å². The molecule has 1 unspecified atom stereocenters. The molecule has 1 aromatic carbocycles. The third-order valence-electron chi connectivity index (χ3n) is 3.78. The number of likely N-dealkylation sites (tertiary alicyclic amines) is 1. The summed E-state index contributed by atoms with van der Waals surface area (Å²) >= 11 is 0. The highest BCUT2D eigenvalue weighted by Crippen LogP contribution is 2.29. The molecule has 1 heterocycles. The number of hydrogen-bond donors (Lipinski definition) is 1. The van der Waals surface area contributed by atoms with Crippen LogP contribution < -0.4 is 10.1 Å². The van der Waals surface area contributed by atoms with E-state index in [9.17, 15) is 14.9 Å². The van der Waals surface area contributed by atoms with Gasteiger partial charge in [-0.05, 0) is 31.4 Å². The number of carbonyl (C=O) groups excluding carboxylic acids is 1. The monoisotopic (exact) mass is 307 g/mol. The van der Waals surface area contributed by atoms with Crippen LogP contribution in [0.5, 0.6) is 5.75 Å². The van der Waals surface area contributed by atoms with Crippen LogP contribution in [0.3, 0.4) is 0 Å². The average Bonchev–Trinajstić information content (AvgIpc) is 2.47. The normalized spacial score (nSPS) is 18.7. The molecule has 0 aromatic heterocycles. The largest absolute Gasteiger partial charge is 0.494 e. The first-order valence-corrected chi connectivity index (χ1v) is 7.34. The molecule has 22 heavy (non-hydrogen) atoms. The molecular formula is C15H21N3O4. The SMILES string of the molecule is COc1cc([N+](=O)[O-])ccc1NC(=O)CN1CCCC(C)C1. The second-order valence-corrected chi connectivity index (χ2v) is 5.67. The van der Waals surface area contributed by atoms with Gasteiger partial charge in [-0.1, -0.05) is 6.92 Å². The number of anilines is 1. The predicted octanol–water partition coefficient (Wildman–Crippen LogP) is 2.27. The van der Waals surface area contributed by atoms with Gasteiger partial charge in [0.25, 0.3) is 5.69 Å². The van der Waals surface area contributed by atoms with E-state index in [4.69, 9.17) is 4.74 Å². The molecule has 1 aromatic rings. The highest BCUT2D eigenvalue weighted by molar-refractivity contribution is 5.93. The summed E-state index contributed by atoms with van der Waals surface area (Å²) in [4.78, 5) is 24.5. The summed E-state index contributed by atoms with van der Waals surface area (Å²) < 4.78 is 5.11. The number of nitrogens with zero attached hydrogens (tertiary/aromatic N) is 2. The fraction of sp³-hybridized carbons (Fsp3) is 0.533. The molecule has 7 heteroatoms. The summed E-state index contributed by atoms with van der Waals surface area (Å²) in [6, 6.07) is 4.15. The summed E-state index contributed by atoms with van der Waals surface area (Å²) in [6.07, 6.45) is 2.31. The van der Waals surface area contributed by atoms with Crippen LogP contribution in [-0.2, 0) is 4.79 Å². The Morgan fingerprint density at radius 1 is 1.55 bits per heavy atom. The fourth-order valence-electron chi connectivity index (χ4n) is 2.72. The molecule has 1 amide bonds. The molecule has 0 bridgehead atoms. The lowest BCUT2D eigenvalue weighted by Crippen LogP contribution is -2.39. The molecule has 2 rings (SSSR count). The molecule has 0 radical (unpaired) electrons. The van der Waals surface area contributed by atoms with E-state index in [1.165, 1.54) is 31.7 Å². The Morgan fingerprint density at radius 2 is 2.32 bits per heavy atom. The van der Waals surface area contributed by atoms with Gasteiger partial charge in [-0.2, -0.15) is 0 Å². The van der Waals surface area contributed by atoms with E-state index in [1.54, 1.807) is 0 Å². The van der Waals surface area contributed by atoms with E-state index in [0.29, 0.717) is 18.2 Å². The smallest absolute Gasteiger partial charge is 0.273 e. The van der Waals surface area contributed by atoms with Gasteiger partial charge in [-0.3, -0.25) is 19.8 Å². The van der Waals surface area contributed by atoms with Crippen LogP contribution >= 0.6 is 0 Å². The van der Waals surface area contributed by atoms with E-state index in [2.05, 4.69) is 17.1 Å². The number of benzene rings is 1. The van der Waals surface area contributed by atoms with Gasteiger partial charge in [-0.15, -0.1) is 0 Å². The van der Waals surface area contributed by atoms with Crippen molar-refractivity contribution in [1.82, 2.24) is 4.90 Å². The molecule has 1 fully saturated rings. The van der Waals surface area contributed by atoms with Crippen molar-refractivity contribution >= 4 is 17.3 Å². The number of methoxy groups -OCH3 is 1. The molecule has 1 N–H and O–H groups in total. The number of piperidine rings is 1. The van der Waals surface area contributed by atoms with Crippen molar-refractivity contribution in [2.75, 3.05) is 32.1 Å². The van der Waals surface area contributed by atoms with Crippen LogP contribution in [0.25, 0.3) is 0 Å². The lowest BCUT2D eigenvalue weighted by Gasteiger charge is -2.30. The summed E-state index contributed by atoms with van der Waals surface area (Å²) in [7, 11) is 1.42. The Bertz CT molecular complexity index is 562. The van der Waals surface area contributed by atoms with E-state index in [1.807, 2.05) is 0 Å². The van der Waals surface area contributed by atoms with E-state index in [0.717, 1.165) is 19.5 Å². The van der Waals surface area contributed by atoms with Gasteiger partial charge in [0.15, 0.2) is 0 Å². The Balaban J connectivity index is 2.00. The van der Waals surface area contributed by atoms with Crippen LogP contribution in [0.2, 0.25) is 0 Å². The van der Waals surface area contributed by atoms with Crippen molar-refractivity contribution in [1.29, 1.82) is 0 Å². The average molecular weight is 307 g/mol. The first-order chi connectivity index (χ1) is 10.5. The molecule has 1 aliphatic rings. The number of rotatable bonds is 5. The molecule has 0 aliphatic carbocycles. The molecule has 0 spiro atoms. The number of non-ortho nitro benzene ring substituents is 1. The number of nitro groups is 1. The number of carbonyl (C=O) groups is 1. The van der Waals surface area contributed by atoms with Crippen LogP contribution in [0.4, 0.5) is 11.4 Å². The Hall–Kier alpha value is -2.15. The van der Waals surface area contributed by atoms with Gasteiger partial charge in [0.2, 0.25) is 5.91 Å². The Kier molecular flexibility index (Phi) is 5.32. The molecule has 120 valence electrons. The van der Waals surface area contributed by atoms with E-state index in [-0.39, 0.29) is 17.3 Å². The Labute approximate surface area is 129 Å². The Morgan fingerprint density at radius 3 is 2.95 bits per heavy atom. The zero-order valence-corrected chi connectivity index (χ0v) is 12.9. The van der Waals surface area contributed by atoms with Crippen LogP contribution in [0.1, 0.15) is 19.8 Å². The number of nitrogens with one attached hydrogen (secondary N) is 1. The molecule has 7 nitrogen and oxygen atoms in total. The quantitative estimate of drug-likeness (QED) is 0.666. The minimum atomic E-state index is -0.497. The number of nitro benzene ring substituents is 1. The zero-order valence-electron chi connectivity index (χ0n) is 12.9. The lowest BCUT2D eigenvalue weighted by atomic mass is 10.0. The van der Waals surface area contributed by atoms with Crippen LogP contribution in [-0.4, -0.2) is 42.5 Å². The van der Waals surface area contributed by atoms with Gasteiger partial charge >= 0.3 is 0 Å². The van der Waals surface area contributed by atoms with Crippen LogP contribution in [0, 0.1) is 16.0 Å². The van der Waals surface area contributed by atoms with Crippen molar-refractivity contribution in [3.8, 4) is 5.75 Å². The third-order valence-corrected chi connectivity index (χ3v) is 3.78. The van der Waals surface area contributed by atoms with Gasteiger partial charge in [0, 0.05) is 12.6 Å². The standard InChI is InChI=1S/C15H21N3O4/c1-11-4-3-7-17(9-11)10-15(19)16-13-6-5-12(18(20)21)8-14(13)22-2/h5-6,8,11H,3-4,7,9-10H2,1-2H3,(H,16,19). The summed E-state index contributed by atoms with van der Waals surface area (Å²) in [6.45, 7) is 4.36. The molecule has 1 saturated heterocycles. The van der Waals surface area contributed by atoms with Gasteiger partial charge in [0.05, 0.1) is 30.3 Å². The van der Waals surface area contributed by atoms with E-state index >= 15 is 0 Å². The maximum Gasteiger partial charge on any atom is 0.273 e. The van der Waals surface area contributed by atoms with E-state index < -0.39 is 4.92 Å². The first kappa shape index (κ1) is 16.2. The minimum Gasteiger partial charge on any atom is -0.494 e. The number of amides is 1. The molecule has 1 aliphatic heterocycles. The third kappa shape index (κ3) is 4.17. The minimum absolute atomic E-state index is 0.0697. The molecule has 1 atom stereocenters. The zero-order chi connectivity index (χ0) is 16.1. The first-order valence-electron chi connectivity index (χ1n) is 7.34. The maximum atomic E-state index is 12.1. The number of ether oxygens (including phenoxy) is 1. The molecule has 0 saturated carbocycles. The highest BCUT2D eigenvalue weighted by Gasteiger charge is 2.19. The summed E-state index contributed by atoms with van der Waals surface area (Å²) in [5, 5.41) is 13.5. The van der Waals surface area contributed by atoms with Gasteiger partial charge in [-0.25, -0.2) is 0 Å². The van der Waals surface area contributed by atoms with Crippen molar-refractivity contribution in [3.63, 3.8) is 0 Å².